The molecule has 2 aliphatic rings. The van der Waals surface area contributed by atoms with Gasteiger partial charge in [-0.2, -0.15) is 0 Å². The zero-order valence-electron chi connectivity index (χ0n) is 10.1. The van der Waals surface area contributed by atoms with Crippen molar-refractivity contribution >= 4 is 17.8 Å². The molecule has 1 N–H and O–H groups in total. The third kappa shape index (κ3) is 2.40. The van der Waals surface area contributed by atoms with Crippen molar-refractivity contribution in [3.63, 3.8) is 0 Å². The number of likely N-dealkylation sites (tertiary alicyclic amines) is 1. The summed E-state index contributed by atoms with van der Waals surface area (Å²) in [5.41, 5.74) is 0. The van der Waals surface area contributed by atoms with Crippen molar-refractivity contribution in [3.05, 3.63) is 0 Å². The molecule has 0 spiro atoms. The molecular weight excluding hydrogens is 222 g/mol. The lowest BCUT2D eigenvalue weighted by Crippen LogP contribution is -2.54. The lowest BCUT2D eigenvalue weighted by Gasteiger charge is -2.37. The number of amides is 2. The average molecular weight is 239 g/mol. The maximum absolute atomic E-state index is 11.8. The molecule has 2 heterocycles. The number of piperidine rings is 1. The molecule has 0 bridgehead atoms. The van der Waals surface area contributed by atoms with E-state index in [1.165, 1.54) is 0 Å². The highest BCUT2D eigenvalue weighted by atomic mass is 16.6. The van der Waals surface area contributed by atoms with Gasteiger partial charge in [0, 0.05) is 13.1 Å². The number of hydrogen-bond acceptors (Lipinski definition) is 4. The number of nitrogens with zero attached hydrogens (tertiary/aromatic N) is 2. The van der Waals surface area contributed by atoms with Gasteiger partial charge >= 0.3 is 6.09 Å². The molecule has 2 rings (SSSR count). The molecule has 0 radical (unpaired) electrons. The first-order chi connectivity index (χ1) is 8.11. The summed E-state index contributed by atoms with van der Waals surface area (Å²) in [5, 5.41) is 2.70. The summed E-state index contributed by atoms with van der Waals surface area (Å²) in [7, 11) is 0. The Hall–Kier alpha value is -1.59. The van der Waals surface area contributed by atoms with Gasteiger partial charge in [-0.15, -0.1) is 0 Å². The molecule has 2 unspecified atom stereocenters. The van der Waals surface area contributed by atoms with Crippen LogP contribution in [0, 0.1) is 5.92 Å². The molecule has 0 aromatic carbocycles. The molecule has 6 nitrogen and oxygen atoms in total. The van der Waals surface area contributed by atoms with Gasteiger partial charge in [0.15, 0.2) is 0 Å². The van der Waals surface area contributed by atoms with Gasteiger partial charge in [-0.25, -0.2) is 4.79 Å². The second-order valence-corrected chi connectivity index (χ2v) is 4.31. The average Bonchev–Trinajstić information content (AvgIpc) is 2.28. The molecule has 2 aliphatic heterocycles. The number of fused-ring (bicyclic) bond motifs is 1. The quantitative estimate of drug-likeness (QED) is 0.719. The molecule has 6 heteroatoms. The Morgan fingerprint density at radius 3 is 3.12 bits per heavy atom. The molecule has 1 saturated heterocycles. The van der Waals surface area contributed by atoms with Crippen LogP contribution in [0.3, 0.4) is 0 Å². The van der Waals surface area contributed by atoms with Crippen molar-refractivity contribution in [3.8, 4) is 0 Å². The number of ether oxygens (including phenoxy) is 1. The molecule has 2 atom stereocenters. The zero-order chi connectivity index (χ0) is 12.4. The Labute approximate surface area is 100 Å². The lowest BCUT2D eigenvalue weighted by atomic mass is 9.90. The van der Waals surface area contributed by atoms with E-state index in [4.69, 9.17) is 4.74 Å². The minimum Gasteiger partial charge on any atom is -0.450 e. The van der Waals surface area contributed by atoms with E-state index in [0.29, 0.717) is 32.0 Å². The van der Waals surface area contributed by atoms with E-state index >= 15 is 0 Å². The van der Waals surface area contributed by atoms with Crippen LogP contribution in [0.15, 0.2) is 4.99 Å². The largest absolute Gasteiger partial charge is 0.450 e. The third-order valence-corrected chi connectivity index (χ3v) is 3.10. The SMILES string of the molecule is CCOC(=O)N1CCC2N=C(C)NC(=O)C2C1. The summed E-state index contributed by atoms with van der Waals surface area (Å²) in [6.45, 7) is 4.90. The van der Waals surface area contributed by atoms with Gasteiger partial charge in [-0.1, -0.05) is 0 Å². The van der Waals surface area contributed by atoms with Gasteiger partial charge in [0.05, 0.1) is 18.6 Å². The van der Waals surface area contributed by atoms with E-state index in [0.717, 1.165) is 0 Å². The Bertz CT molecular complexity index is 367. The number of hydrogen-bond donors (Lipinski definition) is 1. The first-order valence-electron chi connectivity index (χ1n) is 5.88. The predicted octanol–water partition coefficient (Wildman–Crippen LogP) is 0.382. The summed E-state index contributed by atoms with van der Waals surface area (Å²) in [6, 6.07) is 0.00873. The zero-order valence-corrected chi connectivity index (χ0v) is 10.1. The third-order valence-electron chi connectivity index (χ3n) is 3.10. The van der Waals surface area contributed by atoms with Gasteiger partial charge in [0.2, 0.25) is 5.91 Å². The van der Waals surface area contributed by atoms with Crippen LogP contribution in [0.5, 0.6) is 0 Å². The number of nitrogens with one attached hydrogen (secondary N) is 1. The first kappa shape index (κ1) is 11.9. The second kappa shape index (κ2) is 4.73. The maximum Gasteiger partial charge on any atom is 0.409 e. The Morgan fingerprint density at radius 1 is 1.65 bits per heavy atom. The molecule has 1 fully saturated rings. The van der Waals surface area contributed by atoms with Crippen molar-refractivity contribution < 1.29 is 14.3 Å². The minimum atomic E-state index is -0.343. The van der Waals surface area contributed by atoms with Crippen molar-refractivity contribution in [1.82, 2.24) is 10.2 Å². The Morgan fingerprint density at radius 2 is 2.41 bits per heavy atom. The van der Waals surface area contributed by atoms with Gasteiger partial charge in [-0.3, -0.25) is 9.79 Å². The van der Waals surface area contributed by atoms with Crippen LogP contribution in [0.25, 0.3) is 0 Å². The van der Waals surface area contributed by atoms with Gasteiger partial charge < -0.3 is 15.0 Å². The van der Waals surface area contributed by atoms with Gasteiger partial charge in [0.25, 0.3) is 0 Å². The van der Waals surface area contributed by atoms with E-state index in [1.54, 1.807) is 18.7 Å². The number of aliphatic imine (C=N–C) groups is 1. The summed E-state index contributed by atoms with van der Waals surface area (Å²) in [5.74, 6) is 0.384. The molecule has 0 saturated carbocycles. The van der Waals surface area contributed by atoms with Crippen LogP contribution >= 0.6 is 0 Å². The fraction of sp³-hybridized carbons (Fsp3) is 0.727. The van der Waals surface area contributed by atoms with E-state index < -0.39 is 0 Å². The van der Waals surface area contributed by atoms with Crippen LogP contribution < -0.4 is 5.32 Å². The van der Waals surface area contributed by atoms with Crippen molar-refractivity contribution in [2.75, 3.05) is 19.7 Å². The van der Waals surface area contributed by atoms with Crippen molar-refractivity contribution in [2.24, 2.45) is 10.9 Å². The molecule has 0 aliphatic carbocycles. The minimum absolute atomic E-state index is 0.00873. The Balaban J connectivity index is 2.04. The highest BCUT2D eigenvalue weighted by molar-refractivity contribution is 6.00. The molecule has 0 aromatic rings. The summed E-state index contributed by atoms with van der Waals surface area (Å²) >= 11 is 0. The van der Waals surface area contributed by atoms with E-state index in [1.807, 2.05) is 0 Å². The summed E-state index contributed by atoms with van der Waals surface area (Å²) < 4.78 is 4.94. The second-order valence-electron chi connectivity index (χ2n) is 4.31. The number of carbonyl (C=O) groups is 2. The van der Waals surface area contributed by atoms with Crippen LogP contribution in [0.4, 0.5) is 4.79 Å². The number of amidine groups is 1. The topological polar surface area (TPSA) is 71.0 Å². The number of carbonyl (C=O) groups excluding carboxylic acids is 2. The number of rotatable bonds is 1. The van der Waals surface area contributed by atoms with Crippen molar-refractivity contribution in [2.45, 2.75) is 26.3 Å². The summed E-state index contributed by atoms with van der Waals surface area (Å²) in [6.07, 6.45) is 0.374. The predicted molar refractivity (Wildman–Crippen MR) is 61.7 cm³/mol. The molecule has 17 heavy (non-hydrogen) atoms. The molecule has 2 amide bonds. The standard InChI is InChI=1S/C11H17N3O3/c1-3-17-11(16)14-5-4-9-8(6-14)10(15)13-7(2)12-9/h8-9H,3-6H2,1-2H3,(H,12,13,15). The molecule has 94 valence electrons. The normalized spacial score (nSPS) is 28.0. The van der Waals surface area contributed by atoms with Gasteiger partial charge in [-0.05, 0) is 20.3 Å². The fourth-order valence-corrected chi connectivity index (χ4v) is 2.28. The van der Waals surface area contributed by atoms with Crippen LogP contribution in [-0.4, -0.2) is 48.5 Å². The van der Waals surface area contributed by atoms with E-state index in [2.05, 4.69) is 10.3 Å². The van der Waals surface area contributed by atoms with E-state index in [9.17, 15) is 9.59 Å². The van der Waals surface area contributed by atoms with E-state index in [-0.39, 0.29) is 24.0 Å². The fourth-order valence-electron chi connectivity index (χ4n) is 2.28. The van der Waals surface area contributed by atoms with Crippen molar-refractivity contribution in [1.29, 1.82) is 0 Å². The highest BCUT2D eigenvalue weighted by Gasteiger charge is 2.38. The first-order valence-corrected chi connectivity index (χ1v) is 5.88. The van der Waals surface area contributed by atoms with Crippen LogP contribution in [0.1, 0.15) is 20.3 Å². The lowest BCUT2D eigenvalue weighted by molar-refractivity contribution is -0.126. The monoisotopic (exact) mass is 239 g/mol. The van der Waals surface area contributed by atoms with Crippen LogP contribution in [-0.2, 0) is 9.53 Å². The van der Waals surface area contributed by atoms with Gasteiger partial charge in [0.1, 0.15) is 5.84 Å². The molecular formula is C11H17N3O3. The maximum atomic E-state index is 11.8. The highest BCUT2D eigenvalue weighted by Crippen LogP contribution is 2.23. The molecule has 0 aromatic heterocycles. The Kier molecular flexibility index (Phi) is 3.31. The van der Waals surface area contributed by atoms with Crippen LogP contribution in [0.2, 0.25) is 0 Å². The summed E-state index contributed by atoms with van der Waals surface area (Å²) in [4.78, 5) is 29.4. The smallest absolute Gasteiger partial charge is 0.409 e.